The molecule has 0 aromatic carbocycles. The molecule has 9 nitrogen and oxygen atoms in total. The number of phosphoric ester groups is 1. The molecule has 0 aliphatic heterocycles. The summed E-state index contributed by atoms with van der Waals surface area (Å²) in [5, 5.41) is 0. The molecule has 552 valence electrons. The summed E-state index contributed by atoms with van der Waals surface area (Å²) in [7, 11) is 1.48. The van der Waals surface area contributed by atoms with Gasteiger partial charge in [0, 0.05) is 12.8 Å². The summed E-state index contributed by atoms with van der Waals surface area (Å²) in [5.41, 5.74) is 0. The lowest BCUT2D eigenvalue weighted by molar-refractivity contribution is -0.870. The fourth-order valence-electron chi connectivity index (χ4n) is 11.2. The molecule has 0 aromatic rings. The molecule has 0 saturated carbocycles. The van der Waals surface area contributed by atoms with Crippen LogP contribution < -0.4 is 0 Å². The first-order valence-electron chi connectivity index (χ1n) is 39.9. The van der Waals surface area contributed by atoms with E-state index in [-0.39, 0.29) is 32.0 Å². The van der Waals surface area contributed by atoms with Gasteiger partial charge in [-0.25, -0.2) is 4.57 Å². The van der Waals surface area contributed by atoms with E-state index in [4.69, 9.17) is 18.5 Å². The Labute approximate surface area is 593 Å². The third-order valence-electron chi connectivity index (χ3n) is 17.2. The van der Waals surface area contributed by atoms with Crippen LogP contribution in [0.5, 0.6) is 0 Å². The van der Waals surface area contributed by atoms with Crippen LogP contribution in [0.25, 0.3) is 0 Å². The van der Waals surface area contributed by atoms with Crippen molar-refractivity contribution in [1.29, 1.82) is 0 Å². The van der Waals surface area contributed by atoms with Gasteiger partial charge in [-0.15, -0.1) is 0 Å². The Morgan fingerprint density at radius 1 is 0.323 bits per heavy atom. The number of carbonyl (C=O) groups is 2. The van der Waals surface area contributed by atoms with Gasteiger partial charge in [-0.1, -0.05) is 359 Å². The lowest BCUT2D eigenvalue weighted by Gasteiger charge is -2.24. The summed E-state index contributed by atoms with van der Waals surface area (Å²) in [6, 6.07) is 0. The van der Waals surface area contributed by atoms with Crippen molar-refractivity contribution in [2.45, 2.75) is 354 Å². The summed E-state index contributed by atoms with van der Waals surface area (Å²) < 4.78 is 34.8. The number of quaternary nitrogens is 1. The predicted octanol–water partition coefficient (Wildman–Crippen LogP) is 26.7. The fourth-order valence-corrected chi connectivity index (χ4v) is 11.9. The van der Waals surface area contributed by atoms with Gasteiger partial charge in [0.15, 0.2) is 6.10 Å². The van der Waals surface area contributed by atoms with Crippen molar-refractivity contribution in [1.82, 2.24) is 0 Å². The van der Waals surface area contributed by atoms with Gasteiger partial charge in [0.1, 0.15) is 19.8 Å². The van der Waals surface area contributed by atoms with Crippen LogP contribution in [0.1, 0.15) is 348 Å². The molecule has 0 heterocycles. The maximum atomic E-state index is 12.9. The number of carbonyl (C=O) groups excluding carboxylic acids is 2. The predicted molar refractivity (Wildman–Crippen MR) is 417 cm³/mol. The second-order valence-electron chi connectivity index (χ2n) is 27.7. The summed E-state index contributed by atoms with van der Waals surface area (Å²) in [6.07, 6.45) is 110. The second-order valence-corrected chi connectivity index (χ2v) is 29.1. The topological polar surface area (TPSA) is 108 Å². The van der Waals surface area contributed by atoms with Crippen molar-refractivity contribution >= 4 is 19.8 Å². The van der Waals surface area contributed by atoms with Crippen LogP contribution >= 0.6 is 7.82 Å². The molecule has 0 bridgehead atoms. The van der Waals surface area contributed by atoms with E-state index in [1.54, 1.807) is 0 Å². The van der Waals surface area contributed by atoms with Crippen molar-refractivity contribution in [3.63, 3.8) is 0 Å². The van der Waals surface area contributed by atoms with E-state index in [0.717, 1.165) is 109 Å². The summed E-state index contributed by atoms with van der Waals surface area (Å²) in [6.45, 7) is 4.24. The number of esters is 2. The van der Waals surface area contributed by atoms with E-state index in [1.807, 2.05) is 21.1 Å². The Morgan fingerprint density at radius 2 is 0.562 bits per heavy atom. The number of hydrogen-bond acceptors (Lipinski definition) is 7. The number of likely N-dealkylation sites (N-methyl/N-ethyl adjacent to an activating group) is 1. The molecule has 2 unspecified atom stereocenters. The molecule has 0 saturated heterocycles. The van der Waals surface area contributed by atoms with Crippen LogP contribution in [-0.4, -0.2) is 74.9 Å². The molecule has 0 spiro atoms. The number of rotatable bonds is 73. The van der Waals surface area contributed by atoms with E-state index >= 15 is 0 Å². The van der Waals surface area contributed by atoms with Crippen LogP contribution in [0, 0.1) is 0 Å². The SMILES string of the molecule is CC/C=C\C/C=C\C/C=C\C/C=C\C/C=C\C/C=C\CCCCCCCCCCCCCCCCC(=O)OC(COC(=O)CCCCCCCCCCCCCCCCCCCCCCCCC/C=C\C/C=C\C/C=C\C/C=C\C/C=C\CC)COP(=O)(O)OCC[N+](C)(C)C. The third-order valence-corrected chi connectivity index (χ3v) is 18.2. The molecule has 0 amide bonds. The minimum atomic E-state index is -4.40. The van der Waals surface area contributed by atoms with Gasteiger partial charge in [-0.05, 0) is 109 Å². The van der Waals surface area contributed by atoms with Gasteiger partial charge >= 0.3 is 19.8 Å². The van der Waals surface area contributed by atoms with Crippen molar-refractivity contribution in [3.05, 3.63) is 134 Å². The molecule has 0 aromatic heterocycles. The number of phosphoric acid groups is 1. The molecule has 0 radical (unpaired) electrons. The summed E-state index contributed by atoms with van der Waals surface area (Å²) in [4.78, 5) is 36.0. The molecule has 0 fully saturated rings. The van der Waals surface area contributed by atoms with E-state index in [9.17, 15) is 19.0 Å². The van der Waals surface area contributed by atoms with Gasteiger partial charge in [0.25, 0.3) is 0 Å². The van der Waals surface area contributed by atoms with Crippen molar-refractivity contribution in [2.75, 3.05) is 47.5 Å². The average Bonchev–Trinajstić information content (AvgIpc) is 1.48. The Hall–Kier alpha value is -3.85. The van der Waals surface area contributed by atoms with Gasteiger partial charge < -0.3 is 18.9 Å². The van der Waals surface area contributed by atoms with E-state index < -0.39 is 26.5 Å². The smallest absolute Gasteiger partial charge is 0.462 e. The zero-order valence-electron chi connectivity index (χ0n) is 63.1. The molecular weight excluding hydrogens is 1210 g/mol. The molecule has 2 atom stereocenters. The lowest BCUT2D eigenvalue weighted by atomic mass is 10.0. The second kappa shape index (κ2) is 75.4. The quantitative estimate of drug-likeness (QED) is 0.0211. The number of unbranched alkanes of at least 4 members (excludes halogenated alkanes) is 37. The van der Waals surface area contributed by atoms with E-state index in [0.29, 0.717) is 17.4 Å². The number of allylic oxidation sites excluding steroid dienone is 22. The van der Waals surface area contributed by atoms with Crippen LogP contribution in [0.2, 0.25) is 0 Å². The minimum Gasteiger partial charge on any atom is -0.462 e. The molecule has 10 heteroatoms. The number of nitrogens with zero attached hydrogens (tertiary/aromatic N) is 1. The highest BCUT2D eigenvalue weighted by Gasteiger charge is 2.27. The fraction of sp³-hybridized carbons (Fsp3) is 0.721. The Balaban J connectivity index is 3.95. The Bertz CT molecular complexity index is 2090. The highest BCUT2D eigenvalue weighted by molar-refractivity contribution is 7.47. The highest BCUT2D eigenvalue weighted by atomic mass is 31.2. The Morgan fingerprint density at radius 3 is 0.833 bits per heavy atom. The average molecular weight is 1360 g/mol. The van der Waals surface area contributed by atoms with Crippen LogP contribution in [0.4, 0.5) is 0 Å². The molecule has 96 heavy (non-hydrogen) atoms. The maximum Gasteiger partial charge on any atom is 0.472 e. The highest BCUT2D eigenvalue weighted by Crippen LogP contribution is 2.43. The first kappa shape index (κ1) is 92.2. The molecule has 0 aliphatic carbocycles. The zero-order valence-corrected chi connectivity index (χ0v) is 64.0. The van der Waals surface area contributed by atoms with Crippen molar-refractivity contribution in [2.24, 2.45) is 0 Å². The van der Waals surface area contributed by atoms with Gasteiger partial charge in [-0.3, -0.25) is 18.6 Å². The van der Waals surface area contributed by atoms with Crippen LogP contribution in [0.15, 0.2) is 134 Å². The third kappa shape index (κ3) is 79.1. The van der Waals surface area contributed by atoms with Gasteiger partial charge in [0.05, 0.1) is 27.7 Å². The summed E-state index contributed by atoms with van der Waals surface area (Å²) >= 11 is 0. The molecular formula is C86H151NO8P+. The van der Waals surface area contributed by atoms with Crippen LogP contribution in [-0.2, 0) is 32.7 Å². The Kier molecular flexibility index (Phi) is 72.3. The van der Waals surface area contributed by atoms with Gasteiger partial charge in [0.2, 0.25) is 0 Å². The maximum absolute atomic E-state index is 12.9. The number of hydrogen-bond donors (Lipinski definition) is 1. The zero-order chi connectivity index (χ0) is 69.7. The molecule has 1 N–H and O–H groups in total. The van der Waals surface area contributed by atoms with Crippen molar-refractivity contribution in [3.8, 4) is 0 Å². The van der Waals surface area contributed by atoms with Gasteiger partial charge in [-0.2, -0.15) is 0 Å². The van der Waals surface area contributed by atoms with E-state index in [2.05, 4.69) is 148 Å². The monoisotopic (exact) mass is 1360 g/mol. The standard InChI is InChI=1S/C86H150NO8P/c1-6-8-10-12-14-16-18-20-22-24-26-28-30-32-34-36-38-40-41-42-43-44-45-47-48-50-52-54-56-58-60-62-64-66-68-70-72-74-76-78-85(88)92-82-84(83-94-96(90,91)93-81-80-87(3,4)5)95-86(89)79-77-75-73-71-69-67-65-63-61-59-57-55-53-51-49-46-39-37-35-33-31-29-27-25-23-21-19-17-15-13-11-9-7-2/h8-11,14-17,20-23,26-29,32-35,39,46,84H,6-7,12-13,18-19,24-25,30-31,36-38,40-45,47-83H2,1-5H3/p+1/b10-8-,11-9-,16-14-,17-15-,22-20-,23-21-,28-26-,29-27-,34-32-,35-33-,46-39-. The first-order valence-corrected chi connectivity index (χ1v) is 41.4. The lowest BCUT2D eigenvalue weighted by Crippen LogP contribution is -2.37. The van der Waals surface area contributed by atoms with Crippen LogP contribution in [0.3, 0.4) is 0 Å². The molecule has 0 rings (SSSR count). The first-order chi connectivity index (χ1) is 47.0. The summed E-state index contributed by atoms with van der Waals surface area (Å²) in [5.74, 6) is -0.787. The van der Waals surface area contributed by atoms with Crippen molar-refractivity contribution < 1.29 is 42.1 Å². The largest absolute Gasteiger partial charge is 0.472 e. The molecule has 0 aliphatic rings. The minimum absolute atomic E-state index is 0.0290. The normalized spacial score (nSPS) is 13.8. The van der Waals surface area contributed by atoms with E-state index in [1.165, 1.54) is 205 Å². The number of ether oxygens (including phenoxy) is 2.